The number of benzene rings is 2. The van der Waals surface area contributed by atoms with E-state index in [1.165, 1.54) is 4.31 Å². The SMILES string of the molecule is C=CCN(c1ccc(C)c(C)c1)S(=O)(=O)c1ccc(C)cc1. The highest BCUT2D eigenvalue weighted by Gasteiger charge is 2.24. The summed E-state index contributed by atoms with van der Waals surface area (Å²) in [4.78, 5) is 0.290. The van der Waals surface area contributed by atoms with Gasteiger partial charge in [-0.25, -0.2) is 8.42 Å². The van der Waals surface area contributed by atoms with Crippen LogP contribution in [0.2, 0.25) is 0 Å². The number of rotatable bonds is 5. The molecule has 0 spiro atoms. The van der Waals surface area contributed by atoms with Gasteiger partial charge < -0.3 is 0 Å². The molecule has 0 saturated carbocycles. The van der Waals surface area contributed by atoms with Gasteiger partial charge in [0.15, 0.2) is 0 Å². The van der Waals surface area contributed by atoms with Gasteiger partial charge in [0.1, 0.15) is 0 Å². The lowest BCUT2D eigenvalue weighted by Gasteiger charge is -2.24. The zero-order chi connectivity index (χ0) is 16.3. The Morgan fingerprint density at radius 3 is 2.18 bits per heavy atom. The Morgan fingerprint density at radius 1 is 1.00 bits per heavy atom. The largest absolute Gasteiger partial charge is 0.264 e. The van der Waals surface area contributed by atoms with Gasteiger partial charge in [-0.1, -0.05) is 29.8 Å². The Balaban J connectivity index is 2.52. The summed E-state index contributed by atoms with van der Waals surface area (Å²) in [6.07, 6.45) is 1.60. The van der Waals surface area contributed by atoms with Crippen LogP contribution in [-0.4, -0.2) is 15.0 Å². The molecule has 3 nitrogen and oxygen atoms in total. The maximum absolute atomic E-state index is 12.9. The lowest BCUT2D eigenvalue weighted by molar-refractivity contribution is 0.593. The van der Waals surface area contributed by atoms with E-state index >= 15 is 0 Å². The quantitative estimate of drug-likeness (QED) is 0.782. The average molecular weight is 315 g/mol. The highest BCUT2D eigenvalue weighted by Crippen LogP contribution is 2.25. The minimum atomic E-state index is -3.60. The van der Waals surface area contributed by atoms with E-state index in [-0.39, 0.29) is 11.4 Å². The van der Waals surface area contributed by atoms with Gasteiger partial charge >= 0.3 is 0 Å². The number of nitrogens with zero attached hydrogens (tertiary/aromatic N) is 1. The van der Waals surface area contributed by atoms with Crippen LogP contribution < -0.4 is 4.31 Å². The van der Waals surface area contributed by atoms with Crippen molar-refractivity contribution < 1.29 is 8.42 Å². The third kappa shape index (κ3) is 3.22. The minimum Gasteiger partial charge on any atom is -0.263 e. The average Bonchev–Trinajstić information content (AvgIpc) is 2.48. The van der Waals surface area contributed by atoms with Crippen molar-refractivity contribution >= 4 is 15.7 Å². The third-order valence-electron chi connectivity index (χ3n) is 3.68. The van der Waals surface area contributed by atoms with Gasteiger partial charge in [-0.15, -0.1) is 6.58 Å². The van der Waals surface area contributed by atoms with Crippen molar-refractivity contribution in [2.24, 2.45) is 0 Å². The highest BCUT2D eigenvalue weighted by atomic mass is 32.2. The summed E-state index contributed by atoms with van der Waals surface area (Å²) in [5.41, 5.74) is 3.88. The highest BCUT2D eigenvalue weighted by molar-refractivity contribution is 7.92. The molecule has 2 rings (SSSR count). The van der Waals surface area contributed by atoms with Gasteiger partial charge in [-0.05, 0) is 56.2 Å². The van der Waals surface area contributed by atoms with E-state index in [0.29, 0.717) is 5.69 Å². The second kappa shape index (κ2) is 6.36. The summed E-state index contributed by atoms with van der Waals surface area (Å²) in [5, 5.41) is 0. The Labute approximate surface area is 133 Å². The lowest BCUT2D eigenvalue weighted by atomic mass is 10.1. The molecule has 0 saturated heterocycles. The summed E-state index contributed by atoms with van der Waals surface area (Å²) in [5.74, 6) is 0. The summed E-state index contributed by atoms with van der Waals surface area (Å²) < 4.78 is 27.2. The minimum absolute atomic E-state index is 0.235. The number of anilines is 1. The molecule has 116 valence electrons. The molecule has 0 amide bonds. The molecule has 0 aliphatic carbocycles. The molecule has 0 aliphatic heterocycles. The molecule has 0 radical (unpaired) electrons. The van der Waals surface area contributed by atoms with Crippen molar-refractivity contribution in [2.45, 2.75) is 25.7 Å². The monoisotopic (exact) mass is 315 g/mol. The van der Waals surface area contributed by atoms with Crippen LogP contribution in [0.15, 0.2) is 60.0 Å². The first-order chi connectivity index (χ1) is 10.4. The van der Waals surface area contributed by atoms with Gasteiger partial charge in [0.25, 0.3) is 10.0 Å². The zero-order valence-corrected chi connectivity index (χ0v) is 14.0. The molecule has 2 aromatic rings. The second-order valence-electron chi connectivity index (χ2n) is 5.41. The van der Waals surface area contributed by atoms with Crippen LogP contribution in [0.25, 0.3) is 0 Å². The first kappa shape index (κ1) is 16.3. The first-order valence-corrected chi connectivity index (χ1v) is 8.58. The number of hydrogen-bond donors (Lipinski definition) is 0. The topological polar surface area (TPSA) is 37.4 Å². The molecule has 0 fully saturated rings. The maximum atomic E-state index is 12.9. The predicted molar refractivity (Wildman–Crippen MR) is 91.8 cm³/mol. The van der Waals surface area contributed by atoms with E-state index in [1.54, 1.807) is 30.3 Å². The van der Waals surface area contributed by atoms with E-state index in [9.17, 15) is 8.42 Å². The molecule has 0 bridgehead atoms. The molecule has 0 N–H and O–H groups in total. The van der Waals surface area contributed by atoms with Gasteiger partial charge in [-0.3, -0.25) is 4.31 Å². The second-order valence-corrected chi connectivity index (χ2v) is 7.27. The summed E-state index contributed by atoms with van der Waals surface area (Å²) in [6.45, 7) is 9.83. The Morgan fingerprint density at radius 2 is 1.64 bits per heavy atom. The molecular weight excluding hydrogens is 294 g/mol. The maximum Gasteiger partial charge on any atom is 0.264 e. The molecule has 22 heavy (non-hydrogen) atoms. The van der Waals surface area contributed by atoms with Crippen molar-refractivity contribution in [1.82, 2.24) is 0 Å². The third-order valence-corrected chi connectivity index (χ3v) is 5.49. The molecule has 0 aromatic heterocycles. The van der Waals surface area contributed by atoms with E-state index in [0.717, 1.165) is 16.7 Å². The molecule has 0 aliphatic rings. The van der Waals surface area contributed by atoms with Crippen molar-refractivity contribution in [1.29, 1.82) is 0 Å². The standard InChI is InChI=1S/C18H21NO2S/c1-5-12-19(17-9-8-15(3)16(4)13-17)22(20,21)18-10-6-14(2)7-11-18/h5-11,13H,1,12H2,2-4H3. The fraction of sp³-hybridized carbons (Fsp3) is 0.222. The Hall–Kier alpha value is -2.07. The predicted octanol–water partition coefficient (Wildman–Crippen LogP) is 3.99. The van der Waals surface area contributed by atoms with Crippen molar-refractivity contribution in [3.63, 3.8) is 0 Å². The summed E-state index contributed by atoms with van der Waals surface area (Å²) in [6, 6.07) is 12.6. The van der Waals surface area contributed by atoms with E-state index in [1.807, 2.05) is 39.0 Å². The van der Waals surface area contributed by atoms with Gasteiger partial charge in [-0.2, -0.15) is 0 Å². The molecule has 0 atom stereocenters. The van der Waals surface area contributed by atoms with Crippen molar-refractivity contribution in [3.8, 4) is 0 Å². The van der Waals surface area contributed by atoms with Gasteiger partial charge in [0.05, 0.1) is 17.1 Å². The van der Waals surface area contributed by atoms with E-state index in [4.69, 9.17) is 0 Å². The van der Waals surface area contributed by atoms with E-state index < -0.39 is 10.0 Å². The molecule has 2 aromatic carbocycles. The first-order valence-electron chi connectivity index (χ1n) is 7.14. The van der Waals surface area contributed by atoms with Crippen molar-refractivity contribution in [2.75, 3.05) is 10.8 Å². The molecular formula is C18H21NO2S. The Kier molecular flexibility index (Phi) is 4.71. The lowest BCUT2D eigenvalue weighted by Crippen LogP contribution is -2.31. The van der Waals surface area contributed by atoms with Gasteiger partial charge in [0, 0.05) is 0 Å². The smallest absolute Gasteiger partial charge is 0.263 e. The summed E-state index contributed by atoms with van der Waals surface area (Å²) in [7, 11) is -3.60. The van der Waals surface area contributed by atoms with E-state index in [2.05, 4.69) is 6.58 Å². The van der Waals surface area contributed by atoms with Crippen LogP contribution in [0.5, 0.6) is 0 Å². The fourth-order valence-corrected chi connectivity index (χ4v) is 3.61. The van der Waals surface area contributed by atoms with Crippen molar-refractivity contribution in [3.05, 3.63) is 71.8 Å². The molecule has 4 heteroatoms. The van der Waals surface area contributed by atoms with Crippen LogP contribution in [0.4, 0.5) is 5.69 Å². The number of hydrogen-bond acceptors (Lipinski definition) is 2. The zero-order valence-electron chi connectivity index (χ0n) is 13.2. The van der Waals surface area contributed by atoms with Crippen LogP contribution >= 0.6 is 0 Å². The summed E-state index contributed by atoms with van der Waals surface area (Å²) >= 11 is 0. The van der Waals surface area contributed by atoms with Crippen LogP contribution in [0, 0.1) is 20.8 Å². The van der Waals surface area contributed by atoms with Crippen LogP contribution in [0.1, 0.15) is 16.7 Å². The van der Waals surface area contributed by atoms with Crippen LogP contribution in [0.3, 0.4) is 0 Å². The number of sulfonamides is 1. The molecule has 0 heterocycles. The fourth-order valence-electron chi connectivity index (χ4n) is 2.18. The number of aryl methyl sites for hydroxylation is 3. The normalized spacial score (nSPS) is 11.2. The van der Waals surface area contributed by atoms with Gasteiger partial charge in [0.2, 0.25) is 0 Å². The molecule has 0 unspecified atom stereocenters. The Bertz CT molecular complexity index is 777. The van der Waals surface area contributed by atoms with Crippen LogP contribution in [-0.2, 0) is 10.0 Å².